The second-order valence-corrected chi connectivity index (χ2v) is 12.1. The maximum Gasteiger partial charge on any atom is 0.453 e. The molecule has 0 unspecified atom stereocenters. The molecular weight excluding hydrogens is 559 g/mol. The number of halogens is 5. The van der Waals surface area contributed by atoms with Crippen molar-refractivity contribution in [3.8, 4) is 5.75 Å². The summed E-state index contributed by atoms with van der Waals surface area (Å²) >= 11 is 0. The van der Waals surface area contributed by atoms with Crippen LogP contribution < -0.4 is 4.74 Å². The highest BCUT2D eigenvalue weighted by molar-refractivity contribution is 7.91. The average molecular weight is 595 g/mol. The molecule has 0 aliphatic carbocycles. The number of hydrogen-bond donors (Lipinski definition) is 0. The van der Waals surface area contributed by atoms with Gasteiger partial charge in [0.1, 0.15) is 15.6 Å². The van der Waals surface area contributed by atoms with Gasteiger partial charge in [-0.05, 0) is 72.1 Å². The zero-order valence-corrected chi connectivity index (χ0v) is 23.8. The van der Waals surface area contributed by atoms with Gasteiger partial charge in [-0.1, -0.05) is 79.7 Å². The summed E-state index contributed by atoms with van der Waals surface area (Å²) < 4.78 is 92.4. The van der Waals surface area contributed by atoms with Gasteiger partial charge in [-0.2, -0.15) is 22.0 Å². The highest BCUT2D eigenvalue weighted by Gasteiger charge is 2.56. The fourth-order valence-corrected chi connectivity index (χ4v) is 5.98. The smallest absolute Gasteiger partial charge is 0.453 e. The summed E-state index contributed by atoms with van der Waals surface area (Å²) in [7, 11) is -3.70. The molecule has 0 fully saturated rings. The number of rotatable bonds is 15. The van der Waals surface area contributed by atoms with Gasteiger partial charge in [0.2, 0.25) is 0 Å². The molecule has 222 valence electrons. The molecule has 0 radical (unpaired) electrons. The van der Waals surface area contributed by atoms with Gasteiger partial charge in [-0.15, -0.1) is 0 Å². The topological polar surface area (TPSA) is 43.4 Å². The summed E-state index contributed by atoms with van der Waals surface area (Å²) in [5.74, 6) is -5.14. The van der Waals surface area contributed by atoms with E-state index >= 15 is 0 Å². The largest absolute Gasteiger partial charge is 0.494 e. The summed E-state index contributed by atoms with van der Waals surface area (Å²) in [6.07, 6.45) is -5.71. The van der Waals surface area contributed by atoms with Crippen LogP contribution in [0, 0.1) is 0 Å². The van der Waals surface area contributed by atoms with Crippen molar-refractivity contribution in [1.29, 1.82) is 0 Å². The van der Waals surface area contributed by atoms with Crippen molar-refractivity contribution in [3.63, 3.8) is 0 Å². The summed E-state index contributed by atoms with van der Waals surface area (Å²) in [6, 6.07) is 28.3. The summed E-state index contributed by atoms with van der Waals surface area (Å²) in [5, 5.41) is 0. The first-order valence-corrected chi connectivity index (χ1v) is 15.5. The third-order valence-electron chi connectivity index (χ3n) is 6.71. The lowest BCUT2D eigenvalue weighted by molar-refractivity contribution is -0.284. The van der Waals surface area contributed by atoms with E-state index in [-0.39, 0.29) is 12.2 Å². The summed E-state index contributed by atoms with van der Waals surface area (Å²) in [6.45, 7) is 2.50. The van der Waals surface area contributed by atoms with Crippen LogP contribution in [0.3, 0.4) is 0 Å². The number of unbranched alkanes of at least 4 members (excludes halogenated alkanes) is 2. The van der Waals surface area contributed by atoms with Crippen LogP contribution in [0.15, 0.2) is 84.9 Å². The van der Waals surface area contributed by atoms with E-state index in [4.69, 9.17) is 4.74 Å². The Balaban J connectivity index is 1.52. The normalized spacial score (nSPS) is 13.1. The van der Waals surface area contributed by atoms with Crippen LogP contribution in [0.5, 0.6) is 5.75 Å². The van der Waals surface area contributed by atoms with E-state index in [1.54, 1.807) is 0 Å². The van der Waals surface area contributed by atoms with Crippen molar-refractivity contribution < 1.29 is 35.1 Å². The van der Waals surface area contributed by atoms with E-state index in [1.807, 2.05) is 60.7 Å². The van der Waals surface area contributed by atoms with Gasteiger partial charge in [0.25, 0.3) is 0 Å². The fraction of sp³-hybridized carbons (Fsp3) is 0.375. The first-order chi connectivity index (χ1) is 19.4. The number of allylic oxidation sites excluding steroid dienone is 1. The number of hydrogen-bond acceptors (Lipinski definition) is 3. The molecule has 0 saturated carbocycles. The Labute approximate surface area is 239 Å². The second-order valence-electron chi connectivity index (χ2n) is 9.83. The Kier molecular flexibility index (Phi) is 11.5. The van der Waals surface area contributed by atoms with Gasteiger partial charge < -0.3 is 4.74 Å². The molecule has 0 saturated heterocycles. The van der Waals surface area contributed by atoms with Crippen LogP contribution in [0.4, 0.5) is 22.0 Å². The molecule has 3 rings (SSSR count). The van der Waals surface area contributed by atoms with E-state index < -0.39 is 40.5 Å². The average Bonchev–Trinajstić information content (AvgIpc) is 2.94. The molecule has 0 aromatic heterocycles. The highest BCUT2D eigenvalue weighted by Crippen LogP contribution is 2.39. The molecule has 41 heavy (non-hydrogen) atoms. The van der Waals surface area contributed by atoms with E-state index in [0.29, 0.717) is 25.2 Å². The first-order valence-electron chi connectivity index (χ1n) is 13.7. The van der Waals surface area contributed by atoms with Gasteiger partial charge in [-0.3, -0.25) is 0 Å². The summed E-state index contributed by atoms with van der Waals surface area (Å²) in [4.78, 5) is 0. The van der Waals surface area contributed by atoms with Gasteiger partial charge >= 0.3 is 12.1 Å². The molecule has 0 bridgehead atoms. The highest BCUT2D eigenvalue weighted by atomic mass is 32.2. The molecule has 3 aromatic rings. The fourth-order valence-electron chi connectivity index (χ4n) is 4.55. The molecule has 3 aromatic carbocycles. The second kappa shape index (κ2) is 14.6. The van der Waals surface area contributed by atoms with Crippen molar-refractivity contribution in [2.24, 2.45) is 0 Å². The lowest BCUT2D eigenvalue weighted by Gasteiger charge is -2.19. The van der Waals surface area contributed by atoms with E-state index in [0.717, 1.165) is 28.7 Å². The van der Waals surface area contributed by atoms with Gasteiger partial charge in [0.05, 0.1) is 18.1 Å². The number of alkyl halides is 5. The van der Waals surface area contributed by atoms with Crippen LogP contribution in [-0.2, 0) is 9.84 Å². The standard InChI is InChI=1S/C32H35F5O3S/c1-2-29(25-13-6-3-7-14-25)30(26-15-8-4-9-16-26)27-17-19-28(20-18-27)40-22-10-5-11-23-41(38,39)24-12-21-31(33,34)32(35,36)37/h3-4,6-9,13-20H,2,5,10-12,21-24H2,1H3. The molecule has 0 aliphatic heterocycles. The van der Waals surface area contributed by atoms with E-state index in [9.17, 15) is 30.4 Å². The maximum atomic E-state index is 13.0. The van der Waals surface area contributed by atoms with E-state index in [2.05, 4.69) is 31.2 Å². The summed E-state index contributed by atoms with van der Waals surface area (Å²) in [5.41, 5.74) is 5.72. The van der Waals surface area contributed by atoms with Crippen molar-refractivity contribution in [1.82, 2.24) is 0 Å². The van der Waals surface area contributed by atoms with Crippen molar-refractivity contribution >= 4 is 21.0 Å². The predicted octanol–water partition coefficient (Wildman–Crippen LogP) is 9.00. The molecular formula is C32H35F5O3S. The monoisotopic (exact) mass is 594 g/mol. The Hall–Kier alpha value is -3.20. The lowest BCUT2D eigenvalue weighted by atomic mass is 9.88. The lowest BCUT2D eigenvalue weighted by Crippen LogP contribution is -2.36. The van der Waals surface area contributed by atoms with E-state index in [1.165, 1.54) is 5.57 Å². The molecule has 0 heterocycles. The van der Waals surface area contributed by atoms with Gasteiger partial charge in [0.15, 0.2) is 0 Å². The molecule has 3 nitrogen and oxygen atoms in total. The third-order valence-corrected chi connectivity index (χ3v) is 8.53. The van der Waals surface area contributed by atoms with Gasteiger partial charge in [-0.25, -0.2) is 8.42 Å². The predicted molar refractivity (Wildman–Crippen MR) is 154 cm³/mol. The molecule has 9 heteroatoms. The zero-order chi connectivity index (χ0) is 29.9. The molecule has 0 atom stereocenters. The Morgan fingerprint density at radius 1 is 0.683 bits per heavy atom. The third kappa shape index (κ3) is 9.69. The van der Waals surface area contributed by atoms with Crippen LogP contribution in [0.1, 0.15) is 62.1 Å². The van der Waals surface area contributed by atoms with Crippen LogP contribution >= 0.6 is 0 Å². The Morgan fingerprint density at radius 3 is 1.78 bits per heavy atom. The SMILES string of the molecule is CCC(=C(c1ccccc1)c1ccc(OCCCCCS(=O)(=O)CCCC(F)(F)C(F)(F)F)cc1)c1ccccc1. The molecule has 0 spiro atoms. The van der Waals surface area contributed by atoms with Crippen molar-refractivity contribution in [3.05, 3.63) is 102 Å². The van der Waals surface area contributed by atoms with Crippen LogP contribution in [-0.4, -0.2) is 38.6 Å². The minimum Gasteiger partial charge on any atom is -0.494 e. The Morgan fingerprint density at radius 2 is 1.22 bits per heavy atom. The molecule has 0 aliphatic rings. The minimum atomic E-state index is -5.67. The van der Waals surface area contributed by atoms with Crippen LogP contribution in [0.2, 0.25) is 0 Å². The Bertz CT molecular complexity index is 1350. The minimum absolute atomic E-state index is 0.255. The van der Waals surface area contributed by atoms with Crippen molar-refractivity contribution in [2.45, 2.75) is 57.5 Å². The van der Waals surface area contributed by atoms with Crippen LogP contribution in [0.25, 0.3) is 11.1 Å². The maximum absolute atomic E-state index is 13.0. The van der Waals surface area contributed by atoms with Crippen molar-refractivity contribution in [2.75, 3.05) is 18.1 Å². The van der Waals surface area contributed by atoms with Gasteiger partial charge in [0, 0.05) is 6.42 Å². The molecule has 0 amide bonds. The number of benzene rings is 3. The first kappa shape index (κ1) is 32.3. The number of ether oxygens (including phenoxy) is 1. The molecule has 0 N–H and O–H groups in total. The zero-order valence-electron chi connectivity index (χ0n) is 23.0. The number of sulfone groups is 1. The quantitative estimate of drug-likeness (QED) is 0.100.